The van der Waals surface area contributed by atoms with Gasteiger partial charge in [0.2, 0.25) is 6.41 Å². The zero-order valence-electron chi connectivity index (χ0n) is 23.0. The van der Waals surface area contributed by atoms with Crippen molar-refractivity contribution < 1.29 is 14.6 Å². The summed E-state index contributed by atoms with van der Waals surface area (Å²) in [5.41, 5.74) is 4.22. The number of fused-ring (bicyclic) bond motifs is 4. The first-order chi connectivity index (χ1) is 19.6. The normalized spacial score (nSPS) is 11.8. The number of methoxy groups -OCH3 is 1. The summed E-state index contributed by atoms with van der Waals surface area (Å²) in [5, 5.41) is 15.1. The number of ether oxygens (including phenoxy) is 1. The molecule has 206 valence electrons. The van der Waals surface area contributed by atoms with Gasteiger partial charge in [0.25, 0.3) is 5.56 Å². The fourth-order valence-electron chi connectivity index (χ4n) is 5.47. The van der Waals surface area contributed by atoms with Crippen molar-refractivity contribution in [1.29, 1.82) is 0 Å². The molecule has 41 heavy (non-hydrogen) atoms. The molecule has 0 fully saturated rings. The molecule has 0 aliphatic heterocycles. The van der Waals surface area contributed by atoms with E-state index in [9.17, 15) is 19.5 Å². The fraction of sp³-hybridized carbons (Fsp3) is 0.156. The lowest BCUT2D eigenvalue weighted by Gasteiger charge is -2.17. The van der Waals surface area contributed by atoms with E-state index in [-0.39, 0.29) is 0 Å². The van der Waals surface area contributed by atoms with Crippen LogP contribution in [0.4, 0.5) is 5.69 Å². The summed E-state index contributed by atoms with van der Waals surface area (Å²) < 4.78 is 7.84. The van der Waals surface area contributed by atoms with Gasteiger partial charge in [0, 0.05) is 22.4 Å². The lowest BCUT2D eigenvalue weighted by molar-refractivity contribution is -0.105. The number of aliphatic hydroxyl groups is 1. The van der Waals surface area contributed by atoms with Gasteiger partial charge in [-0.25, -0.2) is 9.36 Å². The van der Waals surface area contributed by atoms with Crippen molar-refractivity contribution in [2.24, 2.45) is 0 Å². The zero-order chi connectivity index (χ0) is 29.1. The number of hydrogen-bond acceptors (Lipinski definition) is 5. The second-order valence-electron chi connectivity index (χ2n) is 10.5. The molecule has 0 radical (unpaired) electrons. The topological polar surface area (TPSA) is 118 Å². The molecule has 0 saturated heterocycles. The first-order valence-corrected chi connectivity index (χ1v) is 13.1. The van der Waals surface area contributed by atoms with Crippen molar-refractivity contribution in [3.05, 3.63) is 105 Å². The van der Waals surface area contributed by atoms with Crippen LogP contribution in [-0.4, -0.2) is 32.6 Å². The first kappa shape index (κ1) is 26.1. The van der Waals surface area contributed by atoms with Crippen LogP contribution in [0.3, 0.4) is 0 Å². The Kier molecular flexibility index (Phi) is 6.04. The van der Waals surface area contributed by atoms with E-state index < -0.39 is 16.9 Å². The Morgan fingerprint density at radius 1 is 1.00 bits per heavy atom. The Hall–Kier alpha value is -5.15. The summed E-state index contributed by atoms with van der Waals surface area (Å²) >= 11 is 0. The number of hydrogen-bond donors (Lipinski definition) is 3. The maximum atomic E-state index is 13.6. The predicted octanol–water partition coefficient (Wildman–Crippen LogP) is 4.86. The van der Waals surface area contributed by atoms with Crippen molar-refractivity contribution in [3.63, 3.8) is 0 Å². The molecular formula is C32H28N4O5. The summed E-state index contributed by atoms with van der Waals surface area (Å²) in [6.07, 6.45) is 2.19. The molecule has 3 aromatic heterocycles. The second-order valence-corrected chi connectivity index (χ2v) is 10.5. The van der Waals surface area contributed by atoms with E-state index in [1.54, 1.807) is 38.2 Å². The summed E-state index contributed by atoms with van der Waals surface area (Å²) in [6.45, 7) is 5.33. The van der Waals surface area contributed by atoms with E-state index in [1.807, 2.05) is 49.4 Å². The number of rotatable bonds is 6. The van der Waals surface area contributed by atoms with Crippen LogP contribution in [0.15, 0.2) is 82.5 Å². The smallest absolute Gasteiger partial charge is 0.340 e. The molecule has 3 heterocycles. The Morgan fingerprint density at radius 2 is 1.80 bits per heavy atom. The molecule has 9 heteroatoms. The van der Waals surface area contributed by atoms with Gasteiger partial charge in [-0.05, 0) is 73.4 Å². The minimum Gasteiger partial charge on any atom is -0.495 e. The van der Waals surface area contributed by atoms with E-state index in [0.29, 0.717) is 29.1 Å². The van der Waals surface area contributed by atoms with Gasteiger partial charge in [0.1, 0.15) is 5.75 Å². The number of benzene rings is 3. The number of amides is 1. The van der Waals surface area contributed by atoms with Gasteiger partial charge >= 0.3 is 5.69 Å². The van der Waals surface area contributed by atoms with Gasteiger partial charge in [-0.1, -0.05) is 30.3 Å². The fourth-order valence-corrected chi connectivity index (χ4v) is 5.47. The van der Waals surface area contributed by atoms with E-state index in [1.165, 1.54) is 17.6 Å². The number of carbonyl (C=O) groups excluding carboxylic acids is 1. The Labute approximate surface area is 234 Å². The number of nitrogens with zero attached hydrogens (tertiary/aromatic N) is 2. The molecule has 9 nitrogen and oxygen atoms in total. The molecule has 0 spiro atoms. The highest BCUT2D eigenvalue weighted by molar-refractivity contribution is 6.18. The Bertz CT molecular complexity index is 2130. The van der Waals surface area contributed by atoms with Crippen molar-refractivity contribution in [2.75, 3.05) is 12.4 Å². The number of aromatic nitrogens is 3. The molecule has 0 saturated carbocycles. The first-order valence-electron chi connectivity index (χ1n) is 13.1. The lowest BCUT2D eigenvalue weighted by atomic mass is 9.93. The van der Waals surface area contributed by atoms with Gasteiger partial charge in [0.15, 0.2) is 0 Å². The van der Waals surface area contributed by atoms with Gasteiger partial charge < -0.3 is 20.1 Å². The van der Waals surface area contributed by atoms with Gasteiger partial charge in [-0.3, -0.25) is 14.0 Å². The van der Waals surface area contributed by atoms with Crippen molar-refractivity contribution in [1.82, 2.24) is 14.0 Å². The molecular weight excluding hydrogens is 520 g/mol. The summed E-state index contributed by atoms with van der Waals surface area (Å²) in [6, 6.07) is 19.7. The highest BCUT2D eigenvalue weighted by atomic mass is 16.5. The van der Waals surface area contributed by atoms with Crippen LogP contribution in [0.1, 0.15) is 25.0 Å². The highest BCUT2D eigenvalue weighted by Crippen LogP contribution is 2.40. The predicted molar refractivity (Wildman–Crippen MR) is 160 cm³/mol. The highest BCUT2D eigenvalue weighted by Gasteiger charge is 2.21. The quantitative estimate of drug-likeness (QED) is 0.257. The molecule has 3 aromatic carbocycles. The van der Waals surface area contributed by atoms with E-state index in [2.05, 4.69) is 10.3 Å². The molecule has 0 bridgehead atoms. The molecule has 0 unspecified atom stereocenters. The van der Waals surface area contributed by atoms with Crippen LogP contribution < -0.4 is 21.3 Å². The van der Waals surface area contributed by atoms with Crippen molar-refractivity contribution in [3.8, 4) is 22.6 Å². The van der Waals surface area contributed by atoms with Crippen LogP contribution in [-0.2, 0) is 10.4 Å². The third-order valence-corrected chi connectivity index (χ3v) is 7.59. The van der Waals surface area contributed by atoms with Gasteiger partial charge in [-0.15, -0.1) is 0 Å². The maximum Gasteiger partial charge on any atom is 0.340 e. The number of carbonyl (C=O) groups is 1. The second kappa shape index (κ2) is 9.50. The molecule has 6 aromatic rings. The molecule has 0 atom stereocenters. The molecule has 3 N–H and O–H groups in total. The number of nitrogens with one attached hydrogen (secondary N) is 2. The monoisotopic (exact) mass is 548 g/mol. The average molecular weight is 549 g/mol. The Balaban J connectivity index is 1.63. The zero-order valence-corrected chi connectivity index (χ0v) is 23.0. The standard InChI is InChI=1S/C32H28N4O5/c1-18-22(6-5-7-27(18)36-28(38)15-20-9-10-21(41-4)16-35(20)31(36)39)23-12-13-25(33-17-37)30-29(23)24-11-8-19(32(2,3)40)14-26(24)34-30/h5-17,34,40H,1-4H3,(H,33,37). The molecule has 0 aliphatic carbocycles. The molecule has 0 aliphatic rings. The number of pyridine rings is 1. The maximum absolute atomic E-state index is 13.6. The summed E-state index contributed by atoms with van der Waals surface area (Å²) in [5.74, 6) is 0.494. The summed E-state index contributed by atoms with van der Waals surface area (Å²) in [7, 11) is 1.52. The third-order valence-electron chi connectivity index (χ3n) is 7.59. The SMILES string of the molecule is COc1ccc2cc(=O)n(-c3cccc(-c4ccc(NC=O)c5[nH]c6cc(C(C)(C)O)ccc6c45)c3C)c(=O)n2c1. The lowest BCUT2D eigenvalue weighted by Crippen LogP contribution is -2.36. The third kappa shape index (κ3) is 4.18. The molecule has 1 amide bonds. The van der Waals surface area contributed by atoms with E-state index in [0.717, 1.165) is 48.6 Å². The number of H-pyrrole nitrogens is 1. The van der Waals surface area contributed by atoms with E-state index in [4.69, 9.17) is 4.74 Å². The summed E-state index contributed by atoms with van der Waals surface area (Å²) in [4.78, 5) is 41.6. The number of anilines is 1. The van der Waals surface area contributed by atoms with Crippen molar-refractivity contribution >= 4 is 39.4 Å². The van der Waals surface area contributed by atoms with Crippen LogP contribution in [0, 0.1) is 6.92 Å². The van der Waals surface area contributed by atoms with Crippen LogP contribution in [0.5, 0.6) is 5.75 Å². The van der Waals surface area contributed by atoms with E-state index >= 15 is 0 Å². The molecule has 6 rings (SSSR count). The van der Waals surface area contributed by atoms with Gasteiger partial charge in [0.05, 0.1) is 41.3 Å². The largest absolute Gasteiger partial charge is 0.495 e. The van der Waals surface area contributed by atoms with Crippen LogP contribution >= 0.6 is 0 Å². The van der Waals surface area contributed by atoms with Gasteiger partial charge in [-0.2, -0.15) is 0 Å². The minimum atomic E-state index is -1.03. The average Bonchev–Trinajstić information content (AvgIpc) is 3.33. The van der Waals surface area contributed by atoms with Crippen LogP contribution in [0.25, 0.3) is 44.1 Å². The Morgan fingerprint density at radius 3 is 2.54 bits per heavy atom. The number of aromatic amines is 1. The minimum absolute atomic E-state index is 0.442. The van der Waals surface area contributed by atoms with Crippen molar-refractivity contribution in [2.45, 2.75) is 26.4 Å². The van der Waals surface area contributed by atoms with Crippen LogP contribution in [0.2, 0.25) is 0 Å².